The van der Waals surface area contributed by atoms with Crippen molar-refractivity contribution >= 4 is 37.1 Å². The molecule has 4 aromatic rings. The van der Waals surface area contributed by atoms with Crippen LogP contribution in [0.15, 0.2) is 82.7 Å². The predicted molar refractivity (Wildman–Crippen MR) is 140 cm³/mol. The van der Waals surface area contributed by atoms with Gasteiger partial charge in [0.25, 0.3) is 0 Å². The van der Waals surface area contributed by atoms with Crippen LogP contribution in [0.2, 0.25) is 5.02 Å². The molecule has 0 fully saturated rings. The molecule has 1 aromatic heterocycles. The monoisotopic (exact) mass is 545 g/mol. The summed E-state index contributed by atoms with van der Waals surface area (Å²) in [6.07, 6.45) is 3.90. The molecule has 0 amide bonds. The van der Waals surface area contributed by atoms with E-state index in [2.05, 4.69) is 10.2 Å². The van der Waals surface area contributed by atoms with Crippen molar-refractivity contribution in [2.75, 3.05) is 17.4 Å². The van der Waals surface area contributed by atoms with Crippen LogP contribution in [0.4, 0.5) is 5.82 Å². The lowest BCUT2D eigenvalue weighted by Gasteiger charge is -2.25. The van der Waals surface area contributed by atoms with E-state index in [-0.39, 0.29) is 15.5 Å². The minimum Gasteiger partial charge on any atom is -0.507 e. The number of anilines is 1. The Balaban J connectivity index is 1.74. The molecule has 3 aromatic carbocycles. The Labute approximate surface area is 215 Å². The number of hydrogen-bond donors (Lipinski definition) is 2. The van der Waals surface area contributed by atoms with E-state index < -0.39 is 19.7 Å². The first-order chi connectivity index (χ1) is 16.9. The second-order valence-electron chi connectivity index (χ2n) is 8.48. The Morgan fingerprint density at radius 1 is 0.806 bits per heavy atom. The maximum absolute atomic E-state index is 11.9. The van der Waals surface area contributed by atoms with Gasteiger partial charge >= 0.3 is 0 Å². The Hall–Kier alpha value is -3.34. The van der Waals surface area contributed by atoms with E-state index >= 15 is 0 Å². The van der Waals surface area contributed by atoms with E-state index in [1.165, 1.54) is 6.07 Å². The van der Waals surface area contributed by atoms with Crippen molar-refractivity contribution in [3.63, 3.8) is 0 Å². The normalized spacial score (nSPS) is 12.0. The minimum atomic E-state index is -3.33. The predicted octanol–water partition coefficient (Wildman–Crippen LogP) is 4.45. The Morgan fingerprint density at radius 2 is 1.31 bits per heavy atom. The SMILES string of the molecule is CS(=O)(=O)c1ccc(CN(Cc2ccc(S(C)(=O)=O)cc2)c2[nH]ncc2-c2cc(Cl)ccc2O)cc1. The van der Waals surface area contributed by atoms with Gasteiger partial charge in [-0.15, -0.1) is 0 Å². The van der Waals surface area contributed by atoms with Crippen molar-refractivity contribution in [2.45, 2.75) is 22.9 Å². The zero-order chi connectivity index (χ0) is 26.1. The fraction of sp³-hybridized carbons (Fsp3) is 0.160. The molecule has 0 saturated heterocycles. The number of nitrogens with one attached hydrogen (secondary N) is 1. The smallest absolute Gasteiger partial charge is 0.175 e. The van der Waals surface area contributed by atoms with E-state index in [1.54, 1.807) is 66.9 Å². The molecule has 11 heteroatoms. The van der Waals surface area contributed by atoms with Crippen LogP contribution in [-0.2, 0) is 32.8 Å². The first-order valence-electron chi connectivity index (χ1n) is 10.8. The summed E-state index contributed by atoms with van der Waals surface area (Å²) in [6.45, 7) is 0.739. The molecule has 36 heavy (non-hydrogen) atoms. The molecule has 0 bridgehead atoms. The summed E-state index contributed by atoms with van der Waals surface area (Å²) >= 11 is 6.17. The molecule has 0 unspecified atom stereocenters. The standard InChI is InChI=1S/C25H24ClN3O5S2/c1-35(31,32)20-8-3-17(4-9-20)15-29(16-18-5-10-21(11-6-18)36(2,33)34)25-23(14-27-28-25)22-13-19(26)7-12-24(22)30/h3-14,30H,15-16H2,1-2H3,(H,27,28). The second-order valence-corrected chi connectivity index (χ2v) is 12.9. The van der Waals surface area contributed by atoms with Crippen LogP contribution < -0.4 is 4.90 Å². The second kappa shape index (κ2) is 9.96. The average Bonchev–Trinajstić information content (AvgIpc) is 3.29. The third-order valence-corrected chi connectivity index (χ3v) is 8.13. The van der Waals surface area contributed by atoms with Crippen LogP contribution in [0.5, 0.6) is 5.75 Å². The van der Waals surface area contributed by atoms with Crippen LogP contribution in [0.1, 0.15) is 11.1 Å². The van der Waals surface area contributed by atoms with Gasteiger partial charge in [0.2, 0.25) is 0 Å². The lowest BCUT2D eigenvalue weighted by Crippen LogP contribution is -2.23. The molecule has 2 N–H and O–H groups in total. The fourth-order valence-electron chi connectivity index (χ4n) is 3.78. The molecule has 0 aliphatic heterocycles. The first-order valence-corrected chi connectivity index (χ1v) is 14.9. The van der Waals surface area contributed by atoms with E-state index in [0.29, 0.717) is 35.1 Å². The molecule has 1 heterocycles. The number of aromatic hydroxyl groups is 1. The zero-order valence-electron chi connectivity index (χ0n) is 19.5. The summed E-state index contributed by atoms with van der Waals surface area (Å²) in [5, 5.41) is 18.1. The molecule has 188 valence electrons. The number of phenolic OH excluding ortho intramolecular Hbond substituents is 1. The van der Waals surface area contributed by atoms with Gasteiger partial charge in [-0.2, -0.15) is 5.10 Å². The number of halogens is 1. The van der Waals surface area contributed by atoms with Gasteiger partial charge < -0.3 is 10.0 Å². The lowest BCUT2D eigenvalue weighted by atomic mass is 10.1. The molecule has 0 saturated carbocycles. The number of aromatic nitrogens is 2. The largest absolute Gasteiger partial charge is 0.507 e. The van der Waals surface area contributed by atoms with Crippen molar-refractivity contribution in [1.82, 2.24) is 10.2 Å². The number of hydrogen-bond acceptors (Lipinski definition) is 7. The number of phenols is 1. The fourth-order valence-corrected chi connectivity index (χ4v) is 5.21. The van der Waals surface area contributed by atoms with Gasteiger partial charge in [-0.25, -0.2) is 16.8 Å². The molecule has 0 radical (unpaired) electrons. The number of rotatable bonds is 8. The highest BCUT2D eigenvalue weighted by atomic mass is 35.5. The van der Waals surface area contributed by atoms with Crippen LogP contribution in [0.25, 0.3) is 11.1 Å². The van der Waals surface area contributed by atoms with E-state index in [9.17, 15) is 21.9 Å². The number of sulfone groups is 2. The highest BCUT2D eigenvalue weighted by Crippen LogP contribution is 2.37. The summed E-state index contributed by atoms with van der Waals surface area (Å²) < 4.78 is 47.4. The number of benzene rings is 3. The number of H-pyrrole nitrogens is 1. The number of aromatic amines is 1. The van der Waals surface area contributed by atoms with Gasteiger partial charge in [0, 0.05) is 41.8 Å². The summed E-state index contributed by atoms with van der Waals surface area (Å²) in [4.78, 5) is 2.41. The van der Waals surface area contributed by atoms with Gasteiger partial charge in [0.05, 0.1) is 16.0 Å². The van der Waals surface area contributed by atoms with Gasteiger partial charge in [0.1, 0.15) is 11.6 Å². The third kappa shape index (κ3) is 5.89. The molecule has 0 aliphatic carbocycles. The Bertz CT molecular complexity index is 1520. The first kappa shape index (κ1) is 25.7. The molecule has 0 atom stereocenters. The number of nitrogens with zero attached hydrogens (tertiary/aromatic N) is 2. The van der Waals surface area contributed by atoms with Crippen molar-refractivity contribution < 1.29 is 21.9 Å². The molecular weight excluding hydrogens is 522 g/mol. The Kier molecular flexibility index (Phi) is 7.12. The molecule has 0 aliphatic rings. The van der Waals surface area contributed by atoms with Gasteiger partial charge in [0.15, 0.2) is 19.7 Å². The van der Waals surface area contributed by atoms with Gasteiger partial charge in [-0.3, -0.25) is 5.10 Å². The summed E-state index contributed by atoms with van der Waals surface area (Å²) in [7, 11) is -6.65. The summed E-state index contributed by atoms with van der Waals surface area (Å²) in [5.41, 5.74) is 2.80. The van der Waals surface area contributed by atoms with Crippen LogP contribution in [0.3, 0.4) is 0 Å². The van der Waals surface area contributed by atoms with Crippen molar-refractivity contribution in [1.29, 1.82) is 0 Å². The highest BCUT2D eigenvalue weighted by molar-refractivity contribution is 7.91. The topological polar surface area (TPSA) is 120 Å². The van der Waals surface area contributed by atoms with Crippen LogP contribution >= 0.6 is 11.6 Å². The molecule has 4 rings (SSSR count). The summed E-state index contributed by atoms with van der Waals surface area (Å²) in [5.74, 6) is 0.643. The van der Waals surface area contributed by atoms with Gasteiger partial charge in [-0.1, -0.05) is 35.9 Å². The molecule has 8 nitrogen and oxygen atoms in total. The summed E-state index contributed by atoms with van der Waals surface area (Å²) in [6, 6.07) is 17.9. The minimum absolute atomic E-state index is 0.0389. The maximum Gasteiger partial charge on any atom is 0.175 e. The highest BCUT2D eigenvalue weighted by Gasteiger charge is 2.19. The van der Waals surface area contributed by atoms with Crippen molar-refractivity contribution in [2.24, 2.45) is 0 Å². The molecular formula is C25H24ClN3O5S2. The van der Waals surface area contributed by atoms with Crippen molar-refractivity contribution in [3.05, 3.63) is 89.1 Å². The van der Waals surface area contributed by atoms with E-state index in [1.807, 2.05) is 4.90 Å². The van der Waals surface area contributed by atoms with E-state index in [4.69, 9.17) is 11.6 Å². The van der Waals surface area contributed by atoms with Crippen LogP contribution in [-0.4, -0.2) is 44.7 Å². The third-order valence-electron chi connectivity index (χ3n) is 5.63. The maximum atomic E-state index is 11.9. The van der Waals surface area contributed by atoms with Crippen LogP contribution in [0, 0.1) is 0 Å². The molecule has 0 spiro atoms. The zero-order valence-corrected chi connectivity index (χ0v) is 21.9. The Morgan fingerprint density at radius 3 is 1.78 bits per heavy atom. The average molecular weight is 546 g/mol. The quantitative estimate of drug-likeness (QED) is 0.335. The van der Waals surface area contributed by atoms with E-state index in [0.717, 1.165) is 23.6 Å². The van der Waals surface area contributed by atoms with Crippen molar-refractivity contribution in [3.8, 4) is 16.9 Å². The van der Waals surface area contributed by atoms with Gasteiger partial charge in [-0.05, 0) is 53.6 Å². The lowest BCUT2D eigenvalue weighted by molar-refractivity contribution is 0.477.